The summed E-state index contributed by atoms with van der Waals surface area (Å²) >= 11 is 0. The van der Waals surface area contributed by atoms with Crippen molar-refractivity contribution in [2.75, 3.05) is 13.1 Å². The van der Waals surface area contributed by atoms with Gasteiger partial charge in [-0.3, -0.25) is 4.90 Å². The summed E-state index contributed by atoms with van der Waals surface area (Å²) < 4.78 is 6.22. The topological polar surface area (TPSA) is 12.5 Å². The van der Waals surface area contributed by atoms with Gasteiger partial charge in [-0.1, -0.05) is 49.2 Å². The summed E-state index contributed by atoms with van der Waals surface area (Å²) in [5.41, 5.74) is 4.93. The molecule has 2 heteroatoms. The Bertz CT molecular complexity index is 889. The van der Waals surface area contributed by atoms with E-state index in [0.29, 0.717) is 12.0 Å². The van der Waals surface area contributed by atoms with Gasteiger partial charge in [0.2, 0.25) is 0 Å². The zero-order chi connectivity index (χ0) is 19.4. The van der Waals surface area contributed by atoms with Gasteiger partial charge in [0.15, 0.2) is 0 Å². The first-order valence-electron chi connectivity index (χ1n) is 11.8. The minimum atomic E-state index is 0.430. The highest BCUT2D eigenvalue weighted by Gasteiger charge is 2.61. The van der Waals surface area contributed by atoms with Crippen LogP contribution in [0.1, 0.15) is 68.1 Å². The molecule has 0 aromatic heterocycles. The van der Waals surface area contributed by atoms with E-state index in [1.54, 1.807) is 11.1 Å². The fourth-order valence-electron chi connectivity index (χ4n) is 6.91. The Morgan fingerprint density at radius 3 is 2.72 bits per heavy atom. The van der Waals surface area contributed by atoms with E-state index in [2.05, 4.69) is 60.4 Å². The summed E-state index contributed by atoms with van der Waals surface area (Å²) in [6.07, 6.45) is 8.54. The molecule has 0 N–H and O–H groups in total. The second kappa shape index (κ2) is 6.87. The zero-order valence-corrected chi connectivity index (χ0v) is 17.6. The molecule has 2 nitrogen and oxygen atoms in total. The van der Waals surface area contributed by atoms with Crippen molar-refractivity contribution in [1.29, 1.82) is 0 Å². The lowest BCUT2D eigenvalue weighted by molar-refractivity contribution is -0.0310. The third-order valence-corrected chi connectivity index (χ3v) is 8.55. The van der Waals surface area contributed by atoms with Gasteiger partial charge in [0.25, 0.3) is 0 Å². The van der Waals surface area contributed by atoms with Crippen LogP contribution in [0.25, 0.3) is 0 Å². The van der Waals surface area contributed by atoms with Gasteiger partial charge in [0.1, 0.15) is 12.4 Å². The molecule has 4 unspecified atom stereocenters. The third kappa shape index (κ3) is 2.86. The van der Waals surface area contributed by atoms with Crippen molar-refractivity contribution < 1.29 is 4.74 Å². The standard InChI is InChI=1S/C27H33NO/c1-19-24-9-5-6-14-27(24)25-15-22(29-18-21-7-3-2-4-8-21)12-13-23(25)26(27)17-28(19)16-20-10-11-20/h2-4,7-8,12-13,15,19-20,24,26H,5-6,9-11,14,16-18H2,1H3. The van der Waals surface area contributed by atoms with Crippen LogP contribution in [0.2, 0.25) is 0 Å². The highest BCUT2D eigenvalue weighted by molar-refractivity contribution is 5.55. The highest BCUT2D eigenvalue weighted by atomic mass is 16.5. The Kier molecular flexibility index (Phi) is 4.27. The van der Waals surface area contributed by atoms with Crippen LogP contribution in [-0.2, 0) is 12.0 Å². The number of likely N-dealkylation sites (tertiary alicyclic amines) is 1. The number of benzene rings is 2. The molecule has 1 saturated heterocycles. The van der Waals surface area contributed by atoms with Gasteiger partial charge in [-0.2, -0.15) is 0 Å². The normalized spacial score (nSPS) is 33.2. The van der Waals surface area contributed by atoms with Gasteiger partial charge in [0.05, 0.1) is 0 Å². The lowest BCUT2D eigenvalue weighted by Crippen LogP contribution is -2.64. The van der Waals surface area contributed by atoms with Crippen LogP contribution >= 0.6 is 0 Å². The Balaban J connectivity index is 1.29. The maximum absolute atomic E-state index is 6.22. The molecular weight excluding hydrogens is 354 g/mol. The van der Waals surface area contributed by atoms with E-state index in [-0.39, 0.29) is 0 Å². The van der Waals surface area contributed by atoms with Gasteiger partial charge in [0, 0.05) is 30.5 Å². The zero-order valence-electron chi connectivity index (χ0n) is 17.6. The Hall–Kier alpha value is -1.80. The molecule has 152 valence electrons. The first-order chi connectivity index (χ1) is 14.3. The first kappa shape index (κ1) is 18.0. The Morgan fingerprint density at radius 1 is 1.03 bits per heavy atom. The summed E-state index contributed by atoms with van der Waals surface area (Å²) in [7, 11) is 0. The number of fused-ring (bicyclic) bond motifs is 2. The fourth-order valence-corrected chi connectivity index (χ4v) is 6.91. The van der Waals surface area contributed by atoms with Gasteiger partial charge in [-0.05, 0) is 73.3 Å². The molecule has 6 rings (SSSR count). The molecule has 2 saturated carbocycles. The lowest BCUT2D eigenvalue weighted by atomic mass is 9.44. The van der Waals surface area contributed by atoms with Crippen LogP contribution in [0.15, 0.2) is 48.5 Å². The van der Waals surface area contributed by atoms with Crippen molar-refractivity contribution in [2.24, 2.45) is 11.8 Å². The SMILES string of the molecule is CC1C2CCCCC23c2cc(OCc4ccccc4)ccc2C3CN1CC1CC1. The number of hydrogen-bond donors (Lipinski definition) is 0. The van der Waals surface area contributed by atoms with E-state index in [1.807, 2.05) is 0 Å². The number of ether oxygens (including phenoxy) is 1. The van der Waals surface area contributed by atoms with E-state index in [9.17, 15) is 0 Å². The average Bonchev–Trinajstić information content (AvgIpc) is 3.59. The molecule has 1 spiro atoms. The lowest BCUT2D eigenvalue weighted by Gasteiger charge is -2.65. The van der Waals surface area contributed by atoms with Crippen LogP contribution in [-0.4, -0.2) is 24.0 Å². The smallest absolute Gasteiger partial charge is 0.120 e. The van der Waals surface area contributed by atoms with Gasteiger partial charge < -0.3 is 4.74 Å². The van der Waals surface area contributed by atoms with Crippen LogP contribution < -0.4 is 4.74 Å². The van der Waals surface area contributed by atoms with Crippen molar-refractivity contribution in [3.8, 4) is 5.75 Å². The van der Waals surface area contributed by atoms with Crippen molar-refractivity contribution in [3.63, 3.8) is 0 Å². The molecule has 4 atom stereocenters. The Morgan fingerprint density at radius 2 is 1.90 bits per heavy atom. The number of piperidine rings is 1. The second-order valence-corrected chi connectivity index (χ2v) is 10.1. The van der Waals surface area contributed by atoms with Crippen LogP contribution in [0.5, 0.6) is 5.75 Å². The number of rotatable bonds is 5. The summed E-state index contributed by atoms with van der Waals surface area (Å²) in [6.45, 7) is 5.82. The first-order valence-corrected chi connectivity index (χ1v) is 11.8. The molecule has 1 heterocycles. The van der Waals surface area contributed by atoms with Crippen LogP contribution in [0, 0.1) is 11.8 Å². The highest BCUT2D eigenvalue weighted by Crippen LogP contribution is 2.65. The minimum Gasteiger partial charge on any atom is -0.489 e. The summed E-state index contributed by atoms with van der Waals surface area (Å²) in [5, 5.41) is 0. The number of nitrogens with zero attached hydrogens (tertiary/aromatic N) is 1. The predicted molar refractivity (Wildman–Crippen MR) is 117 cm³/mol. The molecule has 29 heavy (non-hydrogen) atoms. The molecule has 2 aromatic rings. The molecule has 0 radical (unpaired) electrons. The molecule has 3 fully saturated rings. The van der Waals surface area contributed by atoms with Gasteiger partial charge in [-0.25, -0.2) is 0 Å². The summed E-state index contributed by atoms with van der Waals surface area (Å²) in [4.78, 5) is 2.86. The largest absolute Gasteiger partial charge is 0.489 e. The maximum Gasteiger partial charge on any atom is 0.120 e. The van der Waals surface area contributed by atoms with Crippen molar-refractivity contribution in [1.82, 2.24) is 4.90 Å². The molecular formula is C27H33NO. The minimum absolute atomic E-state index is 0.430. The predicted octanol–water partition coefficient (Wildman–Crippen LogP) is 5.90. The average molecular weight is 388 g/mol. The van der Waals surface area contributed by atoms with E-state index in [4.69, 9.17) is 4.74 Å². The van der Waals surface area contributed by atoms with Gasteiger partial charge in [-0.15, -0.1) is 0 Å². The van der Waals surface area contributed by atoms with Crippen molar-refractivity contribution in [3.05, 3.63) is 65.2 Å². The quantitative estimate of drug-likeness (QED) is 0.633. The molecule has 0 bridgehead atoms. The Labute approximate surface area is 175 Å². The molecule has 2 aromatic carbocycles. The van der Waals surface area contributed by atoms with E-state index in [0.717, 1.165) is 29.5 Å². The van der Waals surface area contributed by atoms with Crippen LogP contribution in [0.4, 0.5) is 0 Å². The number of hydrogen-bond acceptors (Lipinski definition) is 2. The van der Waals surface area contributed by atoms with E-state index in [1.165, 1.54) is 57.2 Å². The fraction of sp³-hybridized carbons (Fsp3) is 0.556. The maximum atomic E-state index is 6.22. The molecule has 1 aliphatic heterocycles. The monoisotopic (exact) mass is 387 g/mol. The van der Waals surface area contributed by atoms with Gasteiger partial charge >= 0.3 is 0 Å². The third-order valence-electron chi connectivity index (χ3n) is 8.55. The van der Waals surface area contributed by atoms with E-state index >= 15 is 0 Å². The summed E-state index contributed by atoms with van der Waals surface area (Å²) in [5.74, 6) is 3.62. The molecule has 0 amide bonds. The summed E-state index contributed by atoms with van der Waals surface area (Å²) in [6, 6.07) is 18.3. The van der Waals surface area contributed by atoms with Crippen molar-refractivity contribution >= 4 is 0 Å². The van der Waals surface area contributed by atoms with E-state index < -0.39 is 0 Å². The van der Waals surface area contributed by atoms with Crippen LogP contribution in [0.3, 0.4) is 0 Å². The molecule has 3 aliphatic carbocycles. The second-order valence-electron chi connectivity index (χ2n) is 10.1. The molecule has 4 aliphatic rings. The van der Waals surface area contributed by atoms with Crippen molar-refractivity contribution in [2.45, 2.75) is 69.4 Å².